The van der Waals surface area contributed by atoms with Gasteiger partial charge in [0.1, 0.15) is 5.75 Å². The Balaban J connectivity index is 2.68. The fourth-order valence-electron chi connectivity index (χ4n) is 2.10. The van der Waals surface area contributed by atoms with Gasteiger partial charge in [0.05, 0.1) is 28.5 Å². The monoisotopic (exact) mass is 364 g/mol. The van der Waals surface area contributed by atoms with Crippen molar-refractivity contribution in [3.05, 3.63) is 33.9 Å². The number of benzene rings is 1. The number of ether oxygens (including phenoxy) is 1. The molecule has 7 heteroatoms. The molecule has 1 amide bonds. The lowest BCUT2D eigenvalue weighted by molar-refractivity contribution is 0.0827. The van der Waals surface area contributed by atoms with Gasteiger partial charge in [-0.3, -0.25) is 4.79 Å². The number of nitrogen functional groups attached to an aromatic ring is 1. The van der Waals surface area contributed by atoms with Crippen molar-refractivity contribution < 1.29 is 9.53 Å². The van der Waals surface area contributed by atoms with Crippen molar-refractivity contribution in [2.75, 3.05) is 26.9 Å². The van der Waals surface area contributed by atoms with Crippen molar-refractivity contribution in [1.29, 1.82) is 0 Å². The average Bonchev–Trinajstić information content (AvgIpc) is 2.45. The topological polar surface area (TPSA) is 81.3 Å². The molecule has 0 saturated heterocycles. The van der Waals surface area contributed by atoms with Gasteiger partial charge in [0.2, 0.25) is 5.95 Å². The zero-order chi connectivity index (χ0) is 16.4. The standard InChI is InChI=1S/C15H17BrN4O2/c1-8-12(14(21)20(2)3)13(19-15(17)18-8)9-5-6-11(22-4)10(16)7-9/h5-7H,1-4H3,(H2,17,18,19). The Morgan fingerprint density at radius 1 is 1.32 bits per heavy atom. The van der Waals surface area contributed by atoms with E-state index in [1.54, 1.807) is 34.2 Å². The normalized spacial score (nSPS) is 10.4. The minimum absolute atomic E-state index is 0.134. The lowest BCUT2D eigenvalue weighted by atomic mass is 10.0. The molecule has 0 aliphatic rings. The summed E-state index contributed by atoms with van der Waals surface area (Å²) in [6.45, 7) is 1.75. The number of anilines is 1. The summed E-state index contributed by atoms with van der Waals surface area (Å²) in [7, 11) is 4.96. The van der Waals surface area contributed by atoms with Crippen molar-refractivity contribution >= 4 is 27.8 Å². The molecule has 1 aromatic heterocycles. The first-order valence-electron chi connectivity index (χ1n) is 6.54. The van der Waals surface area contributed by atoms with Crippen molar-refractivity contribution in [3.8, 4) is 17.0 Å². The van der Waals surface area contributed by atoms with Gasteiger partial charge in [0, 0.05) is 19.7 Å². The van der Waals surface area contributed by atoms with E-state index in [9.17, 15) is 4.79 Å². The zero-order valence-corrected chi connectivity index (χ0v) is 14.4. The van der Waals surface area contributed by atoms with Crippen LogP contribution in [-0.4, -0.2) is 42.0 Å². The minimum Gasteiger partial charge on any atom is -0.496 e. The largest absolute Gasteiger partial charge is 0.496 e. The Hall–Kier alpha value is -2.15. The molecule has 0 aliphatic carbocycles. The first kappa shape index (κ1) is 16.2. The zero-order valence-electron chi connectivity index (χ0n) is 12.8. The smallest absolute Gasteiger partial charge is 0.257 e. The Bertz CT molecular complexity index is 732. The van der Waals surface area contributed by atoms with Crippen LogP contribution in [-0.2, 0) is 0 Å². The van der Waals surface area contributed by atoms with Crippen LogP contribution in [0.2, 0.25) is 0 Å². The van der Waals surface area contributed by atoms with Crippen molar-refractivity contribution in [2.24, 2.45) is 0 Å². The number of nitrogens with zero attached hydrogens (tertiary/aromatic N) is 3. The number of halogens is 1. The van der Waals surface area contributed by atoms with E-state index in [-0.39, 0.29) is 11.9 Å². The number of carbonyl (C=O) groups excluding carboxylic acids is 1. The highest BCUT2D eigenvalue weighted by atomic mass is 79.9. The second-order valence-electron chi connectivity index (χ2n) is 4.94. The predicted octanol–water partition coefficient (Wildman–Crippen LogP) is 2.51. The first-order chi connectivity index (χ1) is 10.3. The van der Waals surface area contributed by atoms with Gasteiger partial charge in [-0.15, -0.1) is 0 Å². The summed E-state index contributed by atoms with van der Waals surface area (Å²) in [6.07, 6.45) is 0. The van der Waals surface area contributed by atoms with Gasteiger partial charge in [-0.2, -0.15) is 0 Å². The highest BCUT2D eigenvalue weighted by Crippen LogP contribution is 2.32. The van der Waals surface area contributed by atoms with Gasteiger partial charge in [-0.25, -0.2) is 9.97 Å². The maximum Gasteiger partial charge on any atom is 0.257 e. The van der Waals surface area contributed by atoms with E-state index >= 15 is 0 Å². The summed E-state index contributed by atoms with van der Waals surface area (Å²) in [5.41, 5.74) is 8.01. The summed E-state index contributed by atoms with van der Waals surface area (Å²) in [6, 6.07) is 5.47. The molecule has 0 spiro atoms. The molecule has 0 radical (unpaired) electrons. The van der Waals surface area contributed by atoms with Crippen molar-refractivity contribution in [1.82, 2.24) is 14.9 Å². The van der Waals surface area contributed by atoms with Gasteiger partial charge >= 0.3 is 0 Å². The Labute approximate surface area is 137 Å². The molecule has 2 N–H and O–H groups in total. The number of carbonyl (C=O) groups is 1. The summed E-state index contributed by atoms with van der Waals surface area (Å²) in [5.74, 6) is 0.664. The number of hydrogen-bond donors (Lipinski definition) is 1. The number of hydrogen-bond acceptors (Lipinski definition) is 5. The van der Waals surface area contributed by atoms with E-state index in [0.717, 1.165) is 10.0 Å². The molecule has 0 atom stereocenters. The summed E-state index contributed by atoms with van der Waals surface area (Å²) in [5, 5.41) is 0. The van der Waals surface area contributed by atoms with Gasteiger partial charge < -0.3 is 15.4 Å². The number of aromatic nitrogens is 2. The molecule has 0 fully saturated rings. The second-order valence-corrected chi connectivity index (χ2v) is 5.79. The molecule has 1 heterocycles. The minimum atomic E-state index is -0.167. The summed E-state index contributed by atoms with van der Waals surface area (Å²) in [4.78, 5) is 22.3. The van der Waals surface area contributed by atoms with Crippen LogP contribution in [0, 0.1) is 6.92 Å². The fourth-order valence-corrected chi connectivity index (χ4v) is 2.64. The molecule has 2 rings (SSSR count). The molecule has 2 aromatic rings. The van der Waals surface area contributed by atoms with E-state index in [2.05, 4.69) is 25.9 Å². The van der Waals surface area contributed by atoms with Gasteiger partial charge in [0.15, 0.2) is 0 Å². The van der Waals surface area contributed by atoms with E-state index in [1.165, 1.54) is 4.90 Å². The Morgan fingerprint density at radius 3 is 2.55 bits per heavy atom. The third-order valence-electron chi connectivity index (χ3n) is 3.15. The molecule has 0 saturated carbocycles. The third-order valence-corrected chi connectivity index (χ3v) is 3.77. The van der Waals surface area contributed by atoms with Crippen LogP contribution in [0.4, 0.5) is 5.95 Å². The van der Waals surface area contributed by atoms with Crippen LogP contribution in [0.5, 0.6) is 5.75 Å². The number of aryl methyl sites for hydroxylation is 1. The average molecular weight is 365 g/mol. The van der Waals surface area contributed by atoms with E-state index in [4.69, 9.17) is 10.5 Å². The molecule has 0 aliphatic heterocycles. The van der Waals surface area contributed by atoms with Crippen LogP contribution in [0.1, 0.15) is 16.1 Å². The van der Waals surface area contributed by atoms with Crippen LogP contribution >= 0.6 is 15.9 Å². The van der Waals surface area contributed by atoms with E-state index in [0.29, 0.717) is 22.7 Å². The lowest BCUT2D eigenvalue weighted by Gasteiger charge is -2.16. The van der Waals surface area contributed by atoms with Crippen LogP contribution in [0.25, 0.3) is 11.3 Å². The molecule has 0 unspecified atom stereocenters. The molecule has 1 aromatic carbocycles. The molecule has 22 heavy (non-hydrogen) atoms. The molecule has 116 valence electrons. The Kier molecular flexibility index (Phi) is 4.65. The van der Waals surface area contributed by atoms with Crippen molar-refractivity contribution in [3.63, 3.8) is 0 Å². The molecular formula is C15H17BrN4O2. The third kappa shape index (κ3) is 3.04. The Morgan fingerprint density at radius 2 is 2.00 bits per heavy atom. The molecular weight excluding hydrogens is 348 g/mol. The van der Waals surface area contributed by atoms with Gasteiger partial charge in [-0.1, -0.05) is 0 Å². The maximum atomic E-state index is 12.4. The second kappa shape index (κ2) is 6.31. The van der Waals surface area contributed by atoms with Gasteiger partial charge in [0.25, 0.3) is 5.91 Å². The van der Waals surface area contributed by atoms with Crippen LogP contribution < -0.4 is 10.5 Å². The summed E-state index contributed by atoms with van der Waals surface area (Å²) >= 11 is 3.44. The lowest BCUT2D eigenvalue weighted by Crippen LogP contribution is -2.24. The highest BCUT2D eigenvalue weighted by molar-refractivity contribution is 9.10. The van der Waals surface area contributed by atoms with E-state index in [1.807, 2.05) is 12.1 Å². The number of nitrogens with two attached hydrogens (primary N) is 1. The first-order valence-corrected chi connectivity index (χ1v) is 7.34. The number of methoxy groups -OCH3 is 1. The highest BCUT2D eigenvalue weighted by Gasteiger charge is 2.21. The van der Waals surface area contributed by atoms with Crippen LogP contribution in [0.15, 0.2) is 22.7 Å². The quantitative estimate of drug-likeness (QED) is 0.904. The van der Waals surface area contributed by atoms with Gasteiger partial charge in [-0.05, 0) is 41.1 Å². The summed E-state index contributed by atoms with van der Waals surface area (Å²) < 4.78 is 5.99. The van der Waals surface area contributed by atoms with Crippen molar-refractivity contribution in [2.45, 2.75) is 6.92 Å². The van der Waals surface area contributed by atoms with E-state index < -0.39 is 0 Å². The molecule has 0 bridgehead atoms. The number of amides is 1. The fraction of sp³-hybridized carbons (Fsp3) is 0.267. The molecule has 6 nitrogen and oxygen atoms in total. The predicted molar refractivity (Wildman–Crippen MR) is 88.9 cm³/mol. The van der Waals surface area contributed by atoms with Crippen LogP contribution in [0.3, 0.4) is 0 Å². The number of rotatable bonds is 3. The SMILES string of the molecule is COc1ccc(-c2nc(N)nc(C)c2C(=O)N(C)C)cc1Br. The maximum absolute atomic E-state index is 12.4.